The smallest absolute Gasteiger partial charge is 0.348 e. The second-order valence-electron chi connectivity index (χ2n) is 8.14. The highest BCUT2D eigenvalue weighted by Crippen LogP contribution is 2.40. The minimum absolute atomic E-state index is 0.0502. The van der Waals surface area contributed by atoms with Crippen LogP contribution in [0.3, 0.4) is 0 Å². The molecular weight excluding hydrogens is 429 g/mol. The van der Waals surface area contributed by atoms with Crippen molar-refractivity contribution in [3.05, 3.63) is 112 Å². The zero-order valence-electron chi connectivity index (χ0n) is 17.3. The number of benzene rings is 3. The second-order valence-corrected chi connectivity index (χ2v) is 8.14. The third-order valence-corrected chi connectivity index (χ3v) is 5.92. The molecule has 0 radical (unpaired) electrons. The monoisotopic (exact) mass is 448 g/mol. The van der Waals surface area contributed by atoms with Gasteiger partial charge in [-0.2, -0.15) is 13.2 Å². The van der Waals surface area contributed by atoms with E-state index in [1.54, 1.807) is 24.3 Å². The van der Waals surface area contributed by atoms with Gasteiger partial charge in [-0.15, -0.1) is 0 Å². The highest BCUT2D eigenvalue weighted by molar-refractivity contribution is 5.98. The van der Waals surface area contributed by atoms with Crippen molar-refractivity contribution in [2.24, 2.45) is 0 Å². The molecular formula is C26H19F3N2O2. The van der Waals surface area contributed by atoms with Gasteiger partial charge in [0.05, 0.1) is 11.1 Å². The second kappa shape index (κ2) is 7.92. The Bertz CT molecular complexity index is 1410. The summed E-state index contributed by atoms with van der Waals surface area (Å²) < 4.78 is 41.0. The van der Waals surface area contributed by atoms with Gasteiger partial charge in [0, 0.05) is 17.6 Å². The van der Waals surface area contributed by atoms with Crippen molar-refractivity contribution >= 4 is 16.8 Å². The predicted octanol–water partition coefficient (Wildman–Crippen LogP) is 5.30. The maximum atomic E-state index is 13.4. The van der Waals surface area contributed by atoms with E-state index in [1.807, 2.05) is 30.3 Å². The summed E-state index contributed by atoms with van der Waals surface area (Å²) in [6, 6.07) is 22.5. The van der Waals surface area contributed by atoms with Gasteiger partial charge >= 0.3 is 6.18 Å². The molecule has 1 aromatic heterocycles. The maximum absolute atomic E-state index is 13.4. The summed E-state index contributed by atoms with van der Waals surface area (Å²) in [7, 11) is 0. The molecule has 1 saturated carbocycles. The Hall–Kier alpha value is -3.87. The summed E-state index contributed by atoms with van der Waals surface area (Å²) in [5.74, 6) is -0.351. The SMILES string of the molecule is O=C(NC1C[C@@H]1c1ccccc1)c1cc2ccccc2n(-c2cccc(C(F)(F)F)c2)c1=O. The fraction of sp³-hybridized carbons (Fsp3) is 0.154. The third-order valence-electron chi connectivity index (χ3n) is 5.92. The Morgan fingerprint density at radius 1 is 0.909 bits per heavy atom. The molecule has 0 spiro atoms. The molecule has 1 aliphatic rings. The lowest BCUT2D eigenvalue weighted by atomic mass is 10.1. The minimum atomic E-state index is -4.55. The summed E-state index contributed by atoms with van der Waals surface area (Å²) in [5, 5.41) is 3.49. The molecule has 1 N–H and O–H groups in total. The molecule has 1 heterocycles. The fourth-order valence-corrected chi connectivity index (χ4v) is 4.17. The molecule has 1 amide bonds. The van der Waals surface area contributed by atoms with E-state index in [-0.39, 0.29) is 23.2 Å². The summed E-state index contributed by atoms with van der Waals surface area (Å²) >= 11 is 0. The van der Waals surface area contributed by atoms with E-state index in [9.17, 15) is 22.8 Å². The van der Waals surface area contributed by atoms with Crippen molar-refractivity contribution in [1.82, 2.24) is 9.88 Å². The number of hydrogen-bond acceptors (Lipinski definition) is 2. The first-order valence-electron chi connectivity index (χ1n) is 10.5. The molecule has 4 nitrogen and oxygen atoms in total. The Morgan fingerprint density at radius 2 is 1.64 bits per heavy atom. The molecule has 2 atom stereocenters. The quantitative estimate of drug-likeness (QED) is 0.461. The van der Waals surface area contributed by atoms with E-state index in [2.05, 4.69) is 5.32 Å². The van der Waals surface area contributed by atoms with Crippen LogP contribution in [0.2, 0.25) is 0 Å². The van der Waals surface area contributed by atoms with Crippen LogP contribution in [0.15, 0.2) is 89.7 Å². The van der Waals surface area contributed by atoms with Crippen LogP contribution in [0.1, 0.15) is 33.8 Å². The molecule has 1 fully saturated rings. The Balaban J connectivity index is 1.54. The van der Waals surface area contributed by atoms with Crippen LogP contribution in [-0.4, -0.2) is 16.5 Å². The largest absolute Gasteiger partial charge is 0.416 e. The van der Waals surface area contributed by atoms with Crippen LogP contribution in [-0.2, 0) is 6.18 Å². The van der Waals surface area contributed by atoms with E-state index in [0.29, 0.717) is 10.9 Å². The molecule has 1 aliphatic carbocycles. The van der Waals surface area contributed by atoms with E-state index in [0.717, 1.165) is 24.1 Å². The Labute approximate surface area is 187 Å². The minimum Gasteiger partial charge on any atom is -0.348 e. The standard InChI is InChI=1S/C26H19F3N2O2/c27-26(28,29)18-10-6-11-19(14-18)31-23-12-5-4-9-17(23)13-21(25(31)33)24(32)30-22-15-20(22)16-7-2-1-3-8-16/h1-14,20,22H,15H2,(H,30,32)/t20-,22?/m1/s1. The van der Waals surface area contributed by atoms with Crippen molar-refractivity contribution in [2.45, 2.75) is 24.6 Å². The highest BCUT2D eigenvalue weighted by Gasteiger charge is 2.40. The predicted molar refractivity (Wildman–Crippen MR) is 120 cm³/mol. The van der Waals surface area contributed by atoms with Crippen LogP contribution in [0, 0.1) is 0 Å². The molecule has 7 heteroatoms. The highest BCUT2D eigenvalue weighted by atomic mass is 19.4. The van der Waals surface area contributed by atoms with E-state index < -0.39 is 23.2 Å². The van der Waals surface area contributed by atoms with Crippen LogP contribution in [0.4, 0.5) is 13.2 Å². The number of fused-ring (bicyclic) bond motifs is 1. The van der Waals surface area contributed by atoms with Gasteiger partial charge < -0.3 is 5.32 Å². The van der Waals surface area contributed by atoms with Crippen molar-refractivity contribution in [3.8, 4) is 5.69 Å². The number of hydrogen-bond donors (Lipinski definition) is 1. The third kappa shape index (κ3) is 4.02. The molecule has 33 heavy (non-hydrogen) atoms. The van der Waals surface area contributed by atoms with E-state index >= 15 is 0 Å². The summed E-state index contributed by atoms with van der Waals surface area (Å²) in [6.45, 7) is 0. The van der Waals surface area contributed by atoms with Crippen LogP contribution < -0.4 is 10.9 Å². The Kier molecular flexibility index (Phi) is 5.04. The Morgan fingerprint density at radius 3 is 2.39 bits per heavy atom. The number of carbonyl (C=O) groups excluding carboxylic acids is 1. The number of halogens is 3. The number of pyridine rings is 1. The van der Waals surface area contributed by atoms with Gasteiger partial charge in [0.25, 0.3) is 11.5 Å². The normalized spacial score (nSPS) is 17.7. The lowest BCUT2D eigenvalue weighted by Crippen LogP contribution is -2.34. The molecule has 4 aromatic rings. The van der Waals surface area contributed by atoms with E-state index in [4.69, 9.17) is 0 Å². The average molecular weight is 448 g/mol. The van der Waals surface area contributed by atoms with Crippen molar-refractivity contribution < 1.29 is 18.0 Å². The lowest BCUT2D eigenvalue weighted by molar-refractivity contribution is -0.137. The van der Waals surface area contributed by atoms with Crippen molar-refractivity contribution in [1.29, 1.82) is 0 Å². The molecule has 0 bridgehead atoms. The first-order chi connectivity index (χ1) is 15.8. The molecule has 1 unspecified atom stereocenters. The van der Waals surface area contributed by atoms with Gasteiger partial charge in [0.15, 0.2) is 0 Å². The van der Waals surface area contributed by atoms with Crippen LogP contribution in [0.5, 0.6) is 0 Å². The number of nitrogens with one attached hydrogen (secondary N) is 1. The van der Waals surface area contributed by atoms with Gasteiger partial charge in [0.2, 0.25) is 0 Å². The van der Waals surface area contributed by atoms with Crippen LogP contribution >= 0.6 is 0 Å². The maximum Gasteiger partial charge on any atom is 0.416 e. The zero-order chi connectivity index (χ0) is 23.2. The lowest BCUT2D eigenvalue weighted by Gasteiger charge is -2.15. The van der Waals surface area contributed by atoms with Gasteiger partial charge in [0.1, 0.15) is 5.56 Å². The van der Waals surface area contributed by atoms with E-state index in [1.165, 1.54) is 22.8 Å². The van der Waals surface area contributed by atoms with Gasteiger partial charge in [-0.05, 0) is 47.7 Å². The molecule has 0 saturated heterocycles. The first-order valence-corrected chi connectivity index (χ1v) is 10.5. The molecule has 0 aliphatic heterocycles. The zero-order valence-corrected chi connectivity index (χ0v) is 17.3. The molecule has 5 rings (SSSR count). The van der Waals surface area contributed by atoms with Gasteiger partial charge in [-0.25, -0.2) is 0 Å². The number of carbonyl (C=O) groups is 1. The number of nitrogens with zero attached hydrogens (tertiary/aromatic N) is 1. The van der Waals surface area contributed by atoms with Gasteiger partial charge in [-0.3, -0.25) is 14.2 Å². The average Bonchev–Trinajstić information content (AvgIpc) is 3.57. The van der Waals surface area contributed by atoms with Crippen molar-refractivity contribution in [2.75, 3.05) is 0 Å². The van der Waals surface area contributed by atoms with Crippen molar-refractivity contribution in [3.63, 3.8) is 0 Å². The molecule has 166 valence electrons. The number of aromatic nitrogens is 1. The summed E-state index contributed by atoms with van der Waals surface area (Å²) in [5.41, 5.74) is -0.0503. The van der Waals surface area contributed by atoms with Gasteiger partial charge in [-0.1, -0.05) is 54.6 Å². The number of para-hydroxylation sites is 1. The number of amides is 1. The topological polar surface area (TPSA) is 51.1 Å². The number of rotatable bonds is 4. The fourth-order valence-electron chi connectivity index (χ4n) is 4.17. The molecule has 3 aromatic carbocycles. The first kappa shape index (κ1) is 21.0. The summed E-state index contributed by atoms with van der Waals surface area (Å²) in [4.78, 5) is 26.4. The summed E-state index contributed by atoms with van der Waals surface area (Å²) in [6.07, 6.45) is -3.78. The van der Waals surface area contributed by atoms with Crippen LogP contribution in [0.25, 0.3) is 16.6 Å². The number of alkyl halides is 3.